The number of nitrogens with zero attached hydrogens (tertiary/aromatic N) is 1. The van der Waals surface area contributed by atoms with E-state index >= 15 is 0 Å². The van der Waals surface area contributed by atoms with Gasteiger partial charge in [-0.1, -0.05) is 23.2 Å². The summed E-state index contributed by atoms with van der Waals surface area (Å²) in [6, 6.07) is 1.77. The average Bonchev–Trinajstić information content (AvgIpc) is 2.44. The van der Waals surface area contributed by atoms with Gasteiger partial charge < -0.3 is 15.3 Å². The number of benzene rings is 1. The van der Waals surface area contributed by atoms with E-state index in [-0.39, 0.29) is 15.7 Å². The summed E-state index contributed by atoms with van der Waals surface area (Å²) >= 11 is 11.4. The van der Waals surface area contributed by atoms with Gasteiger partial charge in [-0.15, -0.1) is 0 Å². The van der Waals surface area contributed by atoms with Gasteiger partial charge in [0.25, 0.3) is 0 Å². The molecule has 1 saturated heterocycles. The molecule has 2 amide bonds. The lowest BCUT2D eigenvalue weighted by atomic mass is 9.97. The second-order valence-corrected chi connectivity index (χ2v) is 5.59. The van der Waals surface area contributed by atoms with E-state index in [9.17, 15) is 14.0 Å². The van der Waals surface area contributed by atoms with Gasteiger partial charge in [0.1, 0.15) is 5.82 Å². The van der Waals surface area contributed by atoms with Gasteiger partial charge in [-0.2, -0.15) is 0 Å². The number of carboxylic acids is 1. The quantitative estimate of drug-likeness (QED) is 0.813. The van der Waals surface area contributed by atoms with Gasteiger partial charge in [0, 0.05) is 13.1 Å². The third-order valence-electron chi connectivity index (χ3n) is 3.38. The standard InChI is InChI=1S/C13H13Cl2FN2O3/c14-8-5-10(16)11(6-9(8)15)17-13(21)18-3-1-7(2-4-18)12(19)20/h5-7H,1-4H2,(H,17,21)(H,19,20). The number of anilines is 1. The van der Waals surface area contributed by atoms with E-state index in [1.54, 1.807) is 0 Å². The van der Waals surface area contributed by atoms with Crippen molar-refractivity contribution in [3.05, 3.63) is 28.0 Å². The monoisotopic (exact) mass is 334 g/mol. The van der Waals surface area contributed by atoms with Crippen LogP contribution >= 0.6 is 23.2 Å². The Balaban J connectivity index is 2.00. The molecule has 0 saturated carbocycles. The van der Waals surface area contributed by atoms with Crippen molar-refractivity contribution in [3.8, 4) is 0 Å². The second-order valence-electron chi connectivity index (χ2n) is 4.78. The maximum atomic E-state index is 13.7. The molecule has 0 radical (unpaired) electrons. The summed E-state index contributed by atoms with van der Waals surface area (Å²) in [7, 11) is 0. The van der Waals surface area contributed by atoms with E-state index < -0.39 is 23.7 Å². The Morgan fingerprint density at radius 3 is 2.38 bits per heavy atom. The fraction of sp³-hybridized carbons (Fsp3) is 0.385. The van der Waals surface area contributed by atoms with E-state index in [1.165, 1.54) is 11.0 Å². The van der Waals surface area contributed by atoms with Crippen molar-refractivity contribution in [2.45, 2.75) is 12.8 Å². The van der Waals surface area contributed by atoms with Gasteiger partial charge in [0.05, 0.1) is 21.7 Å². The molecule has 0 aromatic heterocycles. The molecule has 1 aromatic carbocycles. The number of carbonyl (C=O) groups is 2. The smallest absolute Gasteiger partial charge is 0.321 e. The van der Waals surface area contributed by atoms with Crippen molar-refractivity contribution in [2.24, 2.45) is 5.92 Å². The van der Waals surface area contributed by atoms with Gasteiger partial charge >= 0.3 is 12.0 Å². The van der Waals surface area contributed by atoms with Gasteiger partial charge in [-0.3, -0.25) is 4.79 Å². The van der Waals surface area contributed by atoms with Crippen molar-refractivity contribution in [1.82, 2.24) is 4.90 Å². The zero-order valence-electron chi connectivity index (χ0n) is 10.9. The van der Waals surface area contributed by atoms with Crippen LogP contribution in [0.1, 0.15) is 12.8 Å². The molecule has 0 spiro atoms. The summed E-state index contributed by atoms with van der Waals surface area (Å²) in [5, 5.41) is 11.5. The van der Waals surface area contributed by atoms with E-state index in [0.717, 1.165) is 6.07 Å². The topological polar surface area (TPSA) is 69.6 Å². The molecule has 1 fully saturated rings. The summed E-state index contributed by atoms with van der Waals surface area (Å²) in [6.45, 7) is 0.623. The highest BCUT2D eigenvalue weighted by atomic mass is 35.5. The summed E-state index contributed by atoms with van der Waals surface area (Å²) in [5.74, 6) is -1.97. The Kier molecular flexibility index (Phi) is 4.90. The number of urea groups is 1. The van der Waals surface area contributed by atoms with Crippen molar-refractivity contribution in [3.63, 3.8) is 0 Å². The van der Waals surface area contributed by atoms with Crippen molar-refractivity contribution in [2.75, 3.05) is 18.4 Å². The number of amides is 2. The predicted octanol–water partition coefficient (Wildman–Crippen LogP) is 3.46. The molecule has 0 aliphatic carbocycles. The van der Waals surface area contributed by atoms with E-state index in [0.29, 0.717) is 25.9 Å². The van der Waals surface area contributed by atoms with Gasteiger partial charge in [0.2, 0.25) is 0 Å². The van der Waals surface area contributed by atoms with Gasteiger partial charge in [-0.05, 0) is 25.0 Å². The number of carboxylic acid groups (broad SMARTS) is 1. The number of nitrogens with one attached hydrogen (secondary N) is 1. The number of hydrogen-bond acceptors (Lipinski definition) is 2. The van der Waals surface area contributed by atoms with Crippen LogP contribution in [0, 0.1) is 11.7 Å². The third-order valence-corrected chi connectivity index (χ3v) is 4.11. The van der Waals surface area contributed by atoms with E-state index in [4.69, 9.17) is 28.3 Å². The predicted molar refractivity (Wildman–Crippen MR) is 77.4 cm³/mol. The SMILES string of the molecule is O=C(O)C1CCN(C(=O)Nc2cc(Cl)c(Cl)cc2F)CC1. The van der Waals surface area contributed by atoms with Crippen LogP contribution in [0.3, 0.4) is 0 Å². The number of carbonyl (C=O) groups excluding carboxylic acids is 1. The number of likely N-dealkylation sites (tertiary alicyclic amines) is 1. The summed E-state index contributed by atoms with van der Waals surface area (Å²) in [6.07, 6.45) is 0.763. The van der Waals surface area contributed by atoms with Crippen molar-refractivity contribution >= 4 is 40.9 Å². The van der Waals surface area contributed by atoms with Crippen LogP contribution in [0.15, 0.2) is 12.1 Å². The minimum atomic E-state index is -0.856. The molecular formula is C13H13Cl2FN2O3. The molecule has 0 bridgehead atoms. The Bertz CT molecular complexity index is 575. The van der Waals surface area contributed by atoms with E-state index in [2.05, 4.69) is 5.32 Å². The third kappa shape index (κ3) is 3.77. The number of piperidine rings is 1. The Morgan fingerprint density at radius 1 is 1.24 bits per heavy atom. The Labute approximate surface area is 130 Å². The van der Waals surface area contributed by atoms with Gasteiger partial charge in [-0.25, -0.2) is 9.18 Å². The fourth-order valence-corrected chi connectivity index (χ4v) is 2.46. The summed E-state index contributed by atoms with van der Waals surface area (Å²) in [5.41, 5.74) is -0.0604. The Hall–Kier alpha value is -1.53. The molecule has 1 aliphatic heterocycles. The van der Waals surface area contributed by atoms with Crippen LogP contribution in [0.4, 0.5) is 14.9 Å². The van der Waals surface area contributed by atoms with Crippen molar-refractivity contribution < 1.29 is 19.1 Å². The van der Waals surface area contributed by atoms with Crippen LogP contribution in [0.5, 0.6) is 0 Å². The molecule has 21 heavy (non-hydrogen) atoms. The molecule has 2 rings (SSSR count). The molecule has 114 valence electrons. The summed E-state index contributed by atoms with van der Waals surface area (Å²) < 4.78 is 13.7. The second kappa shape index (κ2) is 6.49. The molecule has 0 unspecified atom stereocenters. The largest absolute Gasteiger partial charge is 0.481 e. The number of halogens is 3. The molecule has 1 aliphatic rings. The van der Waals surface area contributed by atoms with Crippen LogP contribution in [0.25, 0.3) is 0 Å². The number of aliphatic carboxylic acids is 1. The van der Waals surface area contributed by atoms with Crippen LogP contribution in [0.2, 0.25) is 10.0 Å². The first-order chi connectivity index (χ1) is 9.88. The minimum absolute atomic E-state index is 0.0604. The van der Waals surface area contributed by atoms with Crippen LogP contribution < -0.4 is 5.32 Å². The molecular weight excluding hydrogens is 322 g/mol. The molecule has 2 N–H and O–H groups in total. The Morgan fingerprint density at radius 2 is 1.81 bits per heavy atom. The van der Waals surface area contributed by atoms with Crippen LogP contribution in [-0.2, 0) is 4.79 Å². The van der Waals surface area contributed by atoms with Crippen LogP contribution in [-0.4, -0.2) is 35.1 Å². The first kappa shape index (κ1) is 15.9. The maximum Gasteiger partial charge on any atom is 0.321 e. The number of rotatable bonds is 2. The minimum Gasteiger partial charge on any atom is -0.481 e. The lowest BCUT2D eigenvalue weighted by Crippen LogP contribution is -2.42. The lowest BCUT2D eigenvalue weighted by molar-refractivity contribution is -0.143. The highest BCUT2D eigenvalue weighted by Crippen LogP contribution is 2.28. The highest BCUT2D eigenvalue weighted by molar-refractivity contribution is 6.42. The van der Waals surface area contributed by atoms with E-state index in [1.807, 2.05) is 0 Å². The first-order valence-electron chi connectivity index (χ1n) is 6.31. The molecule has 8 heteroatoms. The summed E-state index contributed by atoms with van der Waals surface area (Å²) in [4.78, 5) is 24.3. The molecule has 1 aromatic rings. The fourth-order valence-electron chi connectivity index (χ4n) is 2.14. The van der Waals surface area contributed by atoms with Gasteiger partial charge in [0.15, 0.2) is 0 Å². The zero-order chi connectivity index (χ0) is 15.6. The number of hydrogen-bond donors (Lipinski definition) is 2. The average molecular weight is 335 g/mol. The highest BCUT2D eigenvalue weighted by Gasteiger charge is 2.27. The first-order valence-corrected chi connectivity index (χ1v) is 7.07. The van der Waals surface area contributed by atoms with Crippen molar-refractivity contribution in [1.29, 1.82) is 0 Å². The molecule has 5 nitrogen and oxygen atoms in total. The molecule has 1 heterocycles. The zero-order valence-corrected chi connectivity index (χ0v) is 12.4. The normalized spacial score (nSPS) is 15.9. The maximum absolute atomic E-state index is 13.7. The lowest BCUT2D eigenvalue weighted by Gasteiger charge is -2.30. The molecule has 0 atom stereocenters.